The largest absolute Gasteiger partial charge is 0.393 e. The number of nitro benzene ring substituents is 1. The third-order valence-electron chi connectivity index (χ3n) is 3.55. The molecule has 1 aromatic carbocycles. The van der Waals surface area contributed by atoms with Crippen LogP contribution < -0.4 is 11.1 Å². The Kier molecular flexibility index (Phi) is 5.92. The first kappa shape index (κ1) is 17.2. The molecule has 7 nitrogen and oxygen atoms in total. The maximum Gasteiger partial charge on any atom is 0.292 e. The van der Waals surface area contributed by atoms with Gasteiger partial charge in [-0.2, -0.15) is 0 Å². The molecule has 0 saturated carbocycles. The molecule has 1 atom stereocenters. The van der Waals surface area contributed by atoms with Gasteiger partial charge >= 0.3 is 0 Å². The number of nitrogen functional groups attached to an aromatic ring is 1. The first-order chi connectivity index (χ1) is 9.54. The van der Waals surface area contributed by atoms with Gasteiger partial charge in [-0.3, -0.25) is 14.9 Å². The van der Waals surface area contributed by atoms with Crippen molar-refractivity contribution in [3.05, 3.63) is 33.9 Å². The van der Waals surface area contributed by atoms with E-state index in [9.17, 15) is 14.9 Å². The summed E-state index contributed by atoms with van der Waals surface area (Å²) in [6, 6.07) is 4.35. The number of rotatable bonds is 4. The number of carbonyl (C=O) groups is 1. The van der Waals surface area contributed by atoms with Crippen molar-refractivity contribution in [2.24, 2.45) is 0 Å². The van der Waals surface area contributed by atoms with E-state index in [1.165, 1.54) is 12.1 Å². The monoisotopic (exact) mass is 314 g/mol. The molecular weight excluding hydrogens is 296 g/mol. The minimum atomic E-state index is -0.568. The lowest BCUT2D eigenvalue weighted by Crippen LogP contribution is -2.40. The number of hydrogen-bond donors (Lipinski definition) is 2. The van der Waals surface area contributed by atoms with Crippen molar-refractivity contribution in [1.29, 1.82) is 0 Å². The van der Waals surface area contributed by atoms with Crippen molar-refractivity contribution in [3.8, 4) is 0 Å². The standard InChI is InChI=1S/C13H18N4O3.ClH/c1-15-8-10-3-2-6-16(10)13(18)9-4-5-11(14)12(7-9)17(19)20;/h4-5,7,10,15H,2-3,6,8,14H2,1H3;1H. The average molecular weight is 315 g/mol. The lowest BCUT2D eigenvalue weighted by atomic mass is 10.1. The highest BCUT2D eigenvalue weighted by atomic mass is 35.5. The fourth-order valence-corrected chi connectivity index (χ4v) is 2.55. The number of carbonyl (C=O) groups excluding carboxylic acids is 1. The number of hydrogen-bond acceptors (Lipinski definition) is 5. The van der Waals surface area contributed by atoms with E-state index < -0.39 is 4.92 Å². The second-order valence-corrected chi connectivity index (χ2v) is 4.88. The van der Waals surface area contributed by atoms with Crippen LogP contribution in [0.3, 0.4) is 0 Å². The zero-order valence-electron chi connectivity index (χ0n) is 11.7. The molecule has 8 heteroatoms. The highest BCUT2D eigenvalue weighted by molar-refractivity contribution is 5.96. The highest BCUT2D eigenvalue weighted by Crippen LogP contribution is 2.25. The molecule has 1 unspecified atom stereocenters. The lowest BCUT2D eigenvalue weighted by molar-refractivity contribution is -0.383. The molecule has 1 fully saturated rings. The van der Waals surface area contributed by atoms with E-state index in [2.05, 4.69) is 5.32 Å². The SMILES string of the molecule is CNCC1CCCN1C(=O)c1ccc(N)c([N+](=O)[O-])c1.Cl. The van der Waals surface area contributed by atoms with Crippen molar-refractivity contribution in [2.75, 3.05) is 25.9 Å². The Labute approximate surface area is 129 Å². The fourth-order valence-electron chi connectivity index (χ4n) is 2.55. The predicted molar refractivity (Wildman–Crippen MR) is 82.7 cm³/mol. The molecule has 0 spiro atoms. The van der Waals surface area contributed by atoms with E-state index in [0.29, 0.717) is 12.1 Å². The molecule has 1 heterocycles. The Bertz CT molecular complexity index is 538. The maximum absolute atomic E-state index is 12.5. The minimum absolute atomic E-state index is 0. The van der Waals surface area contributed by atoms with Crippen LogP contribution in [-0.2, 0) is 0 Å². The molecule has 0 radical (unpaired) electrons. The van der Waals surface area contributed by atoms with E-state index in [-0.39, 0.29) is 35.7 Å². The third-order valence-corrected chi connectivity index (χ3v) is 3.55. The number of likely N-dealkylation sites (N-methyl/N-ethyl adjacent to an activating group) is 1. The molecule has 1 aliphatic heterocycles. The zero-order chi connectivity index (χ0) is 14.7. The quantitative estimate of drug-likeness (QED) is 0.497. The van der Waals surface area contributed by atoms with Gasteiger partial charge in [0.25, 0.3) is 11.6 Å². The summed E-state index contributed by atoms with van der Waals surface area (Å²) in [7, 11) is 1.84. The van der Waals surface area contributed by atoms with Gasteiger partial charge in [0.15, 0.2) is 0 Å². The predicted octanol–water partition coefficient (Wildman–Crippen LogP) is 1.42. The zero-order valence-corrected chi connectivity index (χ0v) is 12.6. The van der Waals surface area contributed by atoms with Gasteiger partial charge in [0.1, 0.15) is 5.69 Å². The summed E-state index contributed by atoms with van der Waals surface area (Å²) in [6.07, 6.45) is 1.90. The van der Waals surface area contributed by atoms with E-state index >= 15 is 0 Å². The van der Waals surface area contributed by atoms with Crippen molar-refractivity contribution < 1.29 is 9.72 Å². The number of nitro groups is 1. The van der Waals surface area contributed by atoms with Crippen molar-refractivity contribution >= 4 is 29.7 Å². The summed E-state index contributed by atoms with van der Waals surface area (Å²) in [4.78, 5) is 24.5. The highest BCUT2D eigenvalue weighted by Gasteiger charge is 2.29. The smallest absolute Gasteiger partial charge is 0.292 e. The molecule has 1 saturated heterocycles. The van der Waals surface area contributed by atoms with Gasteiger partial charge in [0.05, 0.1) is 4.92 Å². The first-order valence-electron chi connectivity index (χ1n) is 6.54. The lowest BCUT2D eigenvalue weighted by Gasteiger charge is -2.24. The van der Waals surface area contributed by atoms with Crippen molar-refractivity contribution in [1.82, 2.24) is 10.2 Å². The number of halogens is 1. The number of nitrogens with two attached hydrogens (primary N) is 1. The van der Waals surface area contributed by atoms with Gasteiger partial charge in [0, 0.05) is 30.8 Å². The van der Waals surface area contributed by atoms with Crippen LogP contribution in [-0.4, -0.2) is 41.9 Å². The van der Waals surface area contributed by atoms with Crippen molar-refractivity contribution in [3.63, 3.8) is 0 Å². The molecule has 1 amide bonds. The Morgan fingerprint density at radius 1 is 1.57 bits per heavy atom. The van der Waals surface area contributed by atoms with Gasteiger partial charge < -0.3 is 16.0 Å². The van der Waals surface area contributed by atoms with Gasteiger partial charge in [-0.05, 0) is 32.0 Å². The molecule has 21 heavy (non-hydrogen) atoms. The van der Waals surface area contributed by atoms with E-state index in [1.54, 1.807) is 11.0 Å². The molecule has 3 N–H and O–H groups in total. The minimum Gasteiger partial charge on any atom is -0.393 e. The molecule has 0 aromatic heterocycles. The number of likely N-dealkylation sites (tertiary alicyclic amines) is 1. The normalized spacial score (nSPS) is 17.4. The van der Waals surface area contributed by atoms with Crippen LogP contribution >= 0.6 is 12.4 Å². The Morgan fingerprint density at radius 3 is 2.90 bits per heavy atom. The van der Waals surface area contributed by atoms with Crippen LogP contribution in [0.15, 0.2) is 18.2 Å². The number of amides is 1. The van der Waals surface area contributed by atoms with Gasteiger partial charge in [-0.25, -0.2) is 0 Å². The number of anilines is 1. The Balaban J connectivity index is 0.00000220. The second kappa shape index (κ2) is 7.24. The molecule has 0 bridgehead atoms. The summed E-state index contributed by atoms with van der Waals surface area (Å²) in [5, 5.41) is 13.9. The third kappa shape index (κ3) is 3.62. The summed E-state index contributed by atoms with van der Waals surface area (Å²) in [5.41, 5.74) is 5.70. The molecule has 0 aliphatic carbocycles. The molecule has 2 rings (SSSR count). The van der Waals surface area contributed by atoms with Gasteiger partial charge in [0.2, 0.25) is 0 Å². The fraction of sp³-hybridized carbons (Fsp3) is 0.462. The maximum atomic E-state index is 12.5. The van der Waals surface area contributed by atoms with Crippen LogP contribution in [0.25, 0.3) is 0 Å². The van der Waals surface area contributed by atoms with Crippen LogP contribution in [0.1, 0.15) is 23.2 Å². The van der Waals surface area contributed by atoms with E-state index in [0.717, 1.165) is 19.4 Å². The van der Waals surface area contributed by atoms with Gasteiger partial charge in [-0.15, -0.1) is 12.4 Å². The number of benzene rings is 1. The van der Waals surface area contributed by atoms with Crippen LogP contribution in [0, 0.1) is 10.1 Å². The number of nitrogens with one attached hydrogen (secondary N) is 1. The summed E-state index contributed by atoms with van der Waals surface area (Å²) in [6.45, 7) is 1.41. The summed E-state index contributed by atoms with van der Waals surface area (Å²) >= 11 is 0. The molecule has 116 valence electrons. The van der Waals surface area contributed by atoms with Crippen LogP contribution in [0.5, 0.6) is 0 Å². The van der Waals surface area contributed by atoms with E-state index in [1.807, 2.05) is 7.05 Å². The summed E-state index contributed by atoms with van der Waals surface area (Å²) in [5.74, 6) is -0.175. The topological polar surface area (TPSA) is 102 Å². The molecule has 1 aliphatic rings. The Hall–Kier alpha value is -1.86. The number of nitrogens with zero attached hydrogens (tertiary/aromatic N) is 2. The molecule has 1 aromatic rings. The first-order valence-corrected chi connectivity index (χ1v) is 6.54. The second-order valence-electron chi connectivity index (χ2n) is 4.88. The van der Waals surface area contributed by atoms with Crippen molar-refractivity contribution in [2.45, 2.75) is 18.9 Å². The molecular formula is C13H19ClN4O3. The average Bonchev–Trinajstić information content (AvgIpc) is 2.87. The van der Waals surface area contributed by atoms with E-state index in [4.69, 9.17) is 5.73 Å². The Morgan fingerprint density at radius 2 is 2.29 bits per heavy atom. The summed E-state index contributed by atoms with van der Waals surface area (Å²) < 4.78 is 0. The van der Waals surface area contributed by atoms with Crippen LogP contribution in [0.4, 0.5) is 11.4 Å². The van der Waals surface area contributed by atoms with Crippen LogP contribution in [0.2, 0.25) is 0 Å². The van der Waals surface area contributed by atoms with Gasteiger partial charge in [-0.1, -0.05) is 0 Å².